The maximum atomic E-state index is 12.3. The molecule has 0 aliphatic heterocycles. The van der Waals surface area contributed by atoms with E-state index < -0.39 is 11.5 Å². The molecule has 2 aromatic heterocycles. The molecule has 0 aliphatic carbocycles. The summed E-state index contributed by atoms with van der Waals surface area (Å²) in [6.45, 7) is 0. The van der Waals surface area contributed by atoms with E-state index in [-0.39, 0.29) is 20.6 Å². The van der Waals surface area contributed by atoms with Crippen LogP contribution >= 0.6 is 22.9 Å². The second kappa shape index (κ2) is 7.19. The fourth-order valence-electron chi connectivity index (χ4n) is 2.28. The average Bonchev–Trinajstić information content (AvgIpc) is 3.07. The van der Waals surface area contributed by atoms with Crippen molar-refractivity contribution in [1.82, 2.24) is 9.38 Å². The fourth-order valence-corrected chi connectivity index (χ4v) is 3.30. The molecular formula is C17H13ClN2O5S. The Morgan fingerprint density at radius 2 is 2.08 bits per heavy atom. The van der Waals surface area contributed by atoms with Crippen LogP contribution in [-0.4, -0.2) is 34.7 Å². The first-order valence-electron chi connectivity index (χ1n) is 7.29. The highest BCUT2D eigenvalue weighted by Crippen LogP contribution is 2.26. The summed E-state index contributed by atoms with van der Waals surface area (Å²) in [6.07, 6.45) is 4.47. The number of thiazole rings is 1. The van der Waals surface area contributed by atoms with Gasteiger partial charge in [-0.15, -0.1) is 0 Å². The molecule has 0 unspecified atom stereocenters. The van der Waals surface area contributed by atoms with E-state index in [0.29, 0.717) is 17.1 Å². The number of halogens is 1. The number of nitrogens with zero attached hydrogens (tertiary/aromatic N) is 2. The monoisotopic (exact) mass is 392 g/mol. The molecular weight excluding hydrogens is 380 g/mol. The van der Waals surface area contributed by atoms with Gasteiger partial charge in [0.15, 0.2) is 4.96 Å². The largest absolute Gasteiger partial charge is 0.497 e. The summed E-state index contributed by atoms with van der Waals surface area (Å²) in [5.41, 5.74) is 0.417. The van der Waals surface area contributed by atoms with Crippen molar-refractivity contribution in [2.24, 2.45) is 0 Å². The number of fused-ring (bicyclic) bond motifs is 1. The second-order valence-electron chi connectivity index (χ2n) is 5.11. The average molecular weight is 393 g/mol. The van der Waals surface area contributed by atoms with Crippen molar-refractivity contribution in [1.29, 1.82) is 0 Å². The normalized spacial score (nSPS) is 11.2. The number of carbonyl (C=O) groups is 1. The van der Waals surface area contributed by atoms with Crippen molar-refractivity contribution in [2.75, 3.05) is 14.2 Å². The maximum Gasteiger partial charge on any atom is 0.347 e. The Balaban J connectivity index is 2.09. The Hall–Kier alpha value is -2.84. The highest BCUT2D eigenvalue weighted by molar-refractivity contribution is 7.18. The molecule has 0 saturated carbocycles. The third-order valence-electron chi connectivity index (χ3n) is 3.57. The van der Waals surface area contributed by atoms with E-state index in [2.05, 4.69) is 4.98 Å². The van der Waals surface area contributed by atoms with Gasteiger partial charge in [0.2, 0.25) is 0 Å². The van der Waals surface area contributed by atoms with Gasteiger partial charge in [0.1, 0.15) is 21.4 Å². The zero-order chi connectivity index (χ0) is 18.8. The van der Waals surface area contributed by atoms with Gasteiger partial charge >= 0.3 is 5.97 Å². The number of hydrogen-bond donors (Lipinski definition) is 1. The van der Waals surface area contributed by atoms with Gasteiger partial charge in [-0.1, -0.05) is 22.9 Å². The zero-order valence-corrected chi connectivity index (χ0v) is 15.3. The lowest BCUT2D eigenvalue weighted by Crippen LogP contribution is -2.14. The van der Waals surface area contributed by atoms with Crippen LogP contribution in [0.2, 0.25) is 5.02 Å². The van der Waals surface area contributed by atoms with E-state index in [1.165, 1.54) is 6.20 Å². The number of benzene rings is 1. The predicted molar refractivity (Wildman–Crippen MR) is 99.8 cm³/mol. The molecule has 0 radical (unpaired) electrons. The molecule has 0 spiro atoms. The van der Waals surface area contributed by atoms with Crippen LogP contribution < -0.4 is 15.0 Å². The van der Waals surface area contributed by atoms with E-state index >= 15 is 0 Å². The van der Waals surface area contributed by atoms with Gasteiger partial charge in [-0.3, -0.25) is 9.20 Å². The van der Waals surface area contributed by atoms with Crippen molar-refractivity contribution in [3.63, 3.8) is 0 Å². The van der Waals surface area contributed by atoms with Gasteiger partial charge in [0.25, 0.3) is 5.56 Å². The van der Waals surface area contributed by atoms with Gasteiger partial charge in [-0.2, -0.15) is 0 Å². The molecule has 0 atom stereocenters. The van der Waals surface area contributed by atoms with E-state index in [1.54, 1.807) is 44.6 Å². The first-order chi connectivity index (χ1) is 12.4. The van der Waals surface area contributed by atoms with Crippen LogP contribution in [0.4, 0.5) is 0 Å². The Morgan fingerprint density at radius 1 is 1.31 bits per heavy atom. The number of carboxylic acids is 1. The van der Waals surface area contributed by atoms with Crippen LogP contribution in [0.15, 0.2) is 29.2 Å². The third kappa shape index (κ3) is 3.29. The van der Waals surface area contributed by atoms with Gasteiger partial charge in [0, 0.05) is 11.8 Å². The molecule has 26 heavy (non-hydrogen) atoms. The number of aromatic carboxylic acids is 1. The minimum Gasteiger partial charge on any atom is -0.497 e. The molecule has 1 aromatic carbocycles. The molecule has 0 bridgehead atoms. The molecule has 3 rings (SSSR count). The van der Waals surface area contributed by atoms with Crippen LogP contribution in [-0.2, 0) is 0 Å². The number of methoxy groups -OCH3 is 2. The van der Waals surface area contributed by atoms with Gasteiger partial charge < -0.3 is 14.6 Å². The maximum absolute atomic E-state index is 12.3. The summed E-state index contributed by atoms with van der Waals surface area (Å²) in [4.78, 5) is 28.0. The highest BCUT2D eigenvalue weighted by atomic mass is 35.5. The SMILES string of the molecule is COc1ccc(OC)c(/C=C/c2nc3sc(C(=O)O)cn3c(=O)c2Cl)c1. The van der Waals surface area contributed by atoms with E-state index in [9.17, 15) is 9.59 Å². The lowest BCUT2D eigenvalue weighted by Gasteiger charge is -2.07. The summed E-state index contributed by atoms with van der Waals surface area (Å²) < 4.78 is 11.6. The molecule has 0 amide bonds. The summed E-state index contributed by atoms with van der Waals surface area (Å²) in [5.74, 6) is 0.124. The fraction of sp³-hybridized carbons (Fsp3) is 0.118. The Labute approximate surface area is 156 Å². The van der Waals surface area contributed by atoms with Gasteiger partial charge in [-0.05, 0) is 30.4 Å². The van der Waals surface area contributed by atoms with E-state index in [1.807, 2.05) is 0 Å². The standard InChI is InChI=1S/C17H13ClN2O5S/c1-24-10-4-6-12(25-2)9(7-10)3-5-11-14(18)15(21)20-8-13(16(22)23)26-17(20)19-11/h3-8H,1-2H3,(H,22,23)/b5-3+. The van der Waals surface area contributed by atoms with Crippen molar-refractivity contribution in [2.45, 2.75) is 0 Å². The molecule has 7 nitrogen and oxygen atoms in total. The summed E-state index contributed by atoms with van der Waals surface area (Å²) in [7, 11) is 3.10. The molecule has 9 heteroatoms. The van der Waals surface area contributed by atoms with Crippen LogP contribution in [0.1, 0.15) is 20.9 Å². The van der Waals surface area contributed by atoms with Crippen molar-refractivity contribution >= 4 is 46.0 Å². The quantitative estimate of drug-likeness (QED) is 0.716. The Kier molecular flexibility index (Phi) is 4.97. The number of ether oxygens (including phenoxy) is 2. The minimum absolute atomic E-state index is 0.00117. The highest BCUT2D eigenvalue weighted by Gasteiger charge is 2.15. The molecule has 1 N–H and O–H groups in total. The number of rotatable bonds is 5. The Morgan fingerprint density at radius 3 is 2.73 bits per heavy atom. The van der Waals surface area contributed by atoms with Crippen LogP contribution in [0.3, 0.4) is 0 Å². The topological polar surface area (TPSA) is 90.1 Å². The molecule has 3 aromatic rings. The van der Waals surface area contributed by atoms with Crippen molar-refractivity contribution < 1.29 is 19.4 Å². The van der Waals surface area contributed by atoms with E-state index in [0.717, 1.165) is 15.7 Å². The summed E-state index contributed by atoms with van der Waals surface area (Å²) >= 11 is 7.01. The van der Waals surface area contributed by atoms with Crippen molar-refractivity contribution in [3.05, 3.63) is 55.9 Å². The molecule has 0 fully saturated rings. The number of hydrogen-bond acceptors (Lipinski definition) is 6. The summed E-state index contributed by atoms with van der Waals surface area (Å²) in [5, 5.41) is 8.97. The van der Waals surface area contributed by atoms with Gasteiger partial charge in [-0.25, -0.2) is 9.78 Å². The lowest BCUT2D eigenvalue weighted by molar-refractivity contribution is 0.0701. The Bertz CT molecular complexity index is 1090. The first kappa shape index (κ1) is 18.0. The third-order valence-corrected chi connectivity index (χ3v) is 4.90. The molecule has 134 valence electrons. The number of carboxylic acid groups (broad SMARTS) is 1. The van der Waals surface area contributed by atoms with Crippen LogP contribution in [0, 0.1) is 0 Å². The van der Waals surface area contributed by atoms with E-state index in [4.69, 9.17) is 26.2 Å². The number of aromatic nitrogens is 2. The predicted octanol–water partition coefficient (Wildman–Crippen LogP) is 3.30. The first-order valence-corrected chi connectivity index (χ1v) is 8.49. The van der Waals surface area contributed by atoms with Crippen molar-refractivity contribution in [3.8, 4) is 11.5 Å². The minimum atomic E-state index is -1.13. The molecule has 2 heterocycles. The van der Waals surface area contributed by atoms with Gasteiger partial charge in [0.05, 0.1) is 19.9 Å². The summed E-state index contributed by atoms with van der Waals surface area (Å²) in [6, 6.07) is 5.28. The zero-order valence-electron chi connectivity index (χ0n) is 13.7. The molecule has 0 aliphatic rings. The second-order valence-corrected chi connectivity index (χ2v) is 6.50. The smallest absolute Gasteiger partial charge is 0.347 e. The van der Waals surface area contributed by atoms with Crippen LogP contribution in [0.5, 0.6) is 11.5 Å². The molecule has 0 saturated heterocycles. The lowest BCUT2D eigenvalue weighted by atomic mass is 10.1. The van der Waals surface area contributed by atoms with Crippen LogP contribution in [0.25, 0.3) is 17.1 Å².